The standard InChI is InChI=1S/C20H21N3O2S3/c24-28(25,23-11-5-2-6-12-23)18-9-10-19(21-13-18)26-14-17-15-27-20(22-17)16-7-3-1-4-8-16/h1,3-4,7-10,13,15H,2,5-6,11-12,14H2. The first-order valence-electron chi connectivity index (χ1n) is 9.22. The molecule has 3 aromatic rings. The lowest BCUT2D eigenvalue weighted by atomic mass is 10.2. The minimum absolute atomic E-state index is 0.277. The molecule has 0 amide bonds. The Labute approximate surface area is 173 Å². The van der Waals surface area contributed by atoms with E-state index in [2.05, 4.69) is 27.5 Å². The first-order valence-corrected chi connectivity index (χ1v) is 12.5. The van der Waals surface area contributed by atoms with Crippen LogP contribution in [0, 0.1) is 0 Å². The highest BCUT2D eigenvalue weighted by molar-refractivity contribution is 7.98. The summed E-state index contributed by atoms with van der Waals surface area (Å²) in [5.74, 6) is 0.703. The number of thioether (sulfide) groups is 1. The molecule has 5 nitrogen and oxygen atoms in total. The van der Waals surface area contributed by atoms with Crippen LogP contribution >= 0.6 is 23.1 Å². The van der Waals surface area contributed by atoms with E-state index in [0.717, 1.165) is 40.6 Å². The molecular weight excluding hydrogens is 410 g/mol. The molecule has 0 spiro atoms. The molecule has 1 fully saturated rings. The average molecular weight is 432 g/mol. The van der Waals surface area contributed by atoms with Crippen molar-refractivity contribution >= 4 is 33.1 Å². The number of rotatable bonds is 6. The van der Waals surface area contributed by atoms with Gasteiger partial charge in [0, 0.05) is 36.0 Å². The van der Waals surface area contributed by atoms with Gasteiger partial charge in [0.05, 0.1) is 10.7 Å². The lowest BCUT2D eigenvalue weighted by Crippen LogP contribution is -2.35. The molecule has 1 aliphatic heterocycles. The van der Waals surface area contributed by atoms with Crippen LogP contribution in [0.2, 0.25) is 0 Å². The SMILES string of the molecule is O=S(=O)(c1ccc(SCc2csc(-c3ccccc3)n2)nc1)N1CCCCC1. The van der Waals surface area contributed by atoms with Crippen molar-refractivity contribution in [2.75, 3.05) is 13.1 Å². The van der Waals surface area contributed by atoms with Gasteiger partial charge in [0.15, 0.2) is 0 Å². The number of thiazole rings is 1. The molecule has 0 N–H and O–H groups in total. The van der Waals surface area contributed by atoms with E-state index >= 15 is 0 Å². The number of benzene rings is 1. The molecule has 28 heavy (non-hydrogen) atoms. The number of pyridine rings is 1. The topological polar surface area (TPSA) is 63.2 Å². The minimum Gasteiger partial charge on any atom is -0.249 e. The summed E-state index contributed by atoms with van der Waals surface area (Å²) in [6.07, 6.45) is 4.43. The predicted molar refractivity (Wildman–Crippen MR) is 114 cm³/mol. The van der Waals surface area contributed by atoms with Crippen LogP contribution in [0.4, 0.5) is 0 Å². The van der Waals surface area contributed by atoms with Gasteiger partial charge in [-0.25, -0.2) is 18.4 Å². The van der Waals surface area contributed by atoms with Crippen molar-refractivity contribution in [1.82, 2.24) is 14.3 Å². The fraction of sp³-hybridized carbons (Fsp3) is 0.300. The van der Waals surface area contributed by atoms with Gasteiger partial charge in [-0.3, -0.25) is 0 Å². The Hall–Kier alpha value is -1.74. The molecule has 8 heteroatoms. The van der Waals surface area contributed by atoms with Crippen LogP contribution in [0.3, 0.4) is 0 Å². The zero-order valence-electron chi connectivity index (χ0n) is 15.3. The molecule has 0 radical (unpaired) electrons. The molecule has 0 bridgehead atoms. The molecule has 1 aliphatic rings. The number of hydrogen-bond acceptors (Lipinski definition) is 6. The Morgan fingerprint density at radius 2 is 1.82 bits per heavy atom. The van der Waals surface area contributed by atoms with Gasteiger partial charge in [-0.2, -0.15) is 4.31 Å². The zero-order chi connectivity index (χ0) is 19.4. The highest BCUT2D eigenvalue weighted by atomic mass is 32.2. The third-order valence-electron chi connectivity index (χ3n) is 4.60. The molecule has 1 aromatic carbocycles. The van der Waals surface area contributed by atoms with Crippen LogP contribution in [-0.4, -0.2) is 35.8 Å². The van der Waals surface area contributed by atoms with E-state index in [4.69, 9.17) is 0 Å². The van der Waals surface area contributed by atoms with Crippen molar-refractivity contribution in [3.8, 4) is 10.6 Å². The minimum atomic E-state index is -3.42. The van der Waals surface area contributed by atoms with Gasteiger partial charge < -0.3 is 0 Å². The second kappa shape index (κ2) is 8.73. The van der Waals surface area contributed by atoms with E-state index in [-0.39, 0.29) is 4.90 Å². The zero-order valence-corrected chi connectivity index (χ0v) is 17.8. The second-order valence-corrected chi connectivity index (χ2v) is 10.4. The Balaban J connectivity index is 1.39. The van der Waals surface area contributed by atoms with Crippen LogP contribution in [0.25, 0.3) is 10.6 Å². The smallest absolute Gasteiger partial charge is 0.244 e. The molecule has 2 aromatic heterocycles. The molecular formula is C20H21N3O2S3. The largest absolute Gasteiger partial charge is 0.249 e. The Bertz CT molecular complexity index is 1010. The third-order valence-corrected chi connectivity index (χ3v) is 8.40. The van der Waals surface area contributed by atoms with Crippen molar-refractivity contribution in [1.29, 1.82) is 0 Å². The normalized spacial score (nSPS) is 15.6. The monoisotopic (exact) mass is 431 g/mol. The lowest BCUT2D eigenvalue weighted by molar-refractivity contribution is 0.346. The highest BCUT2D eigenvalue weighted by Crippen LogP contribution is 2.28. The van der Waals surface area contributed by atoms with E-state index < -0.39 is 10.0 Å². The molecule has 3 heterocycles. The summed E-state index contributed by atoms with van der Waals surface area (Å²) < 4.78 is 26.9. The lowest BCUT2D eigenvalue weighted by Gasteiger charge is -2.25. The summed E-state index contributed by atoms with van der Waals surface area (Å²) >= 11 is 3.19. The highest BCUT2D eigenvalue weighted by Gasteiger charge is 2.26. The number of sulfonamides is 1. The maximum absolute atomic E-state index is 12.7. The number of aromatic nitrogens is 2. The number of hydrogen-bond donors (Lipinski definition) is 0. The van der Waals surface area contributed by atoms with Gasteiger partial charge in [0.2, 0.25) is 10.0 Å². The van der Waals surface area contributed by atoms with Crippen LogP contribution < -0.4 is 0 Å². The van der Waals surface area contributed by atoms with Gasteiger partial charge in [-0.05, 0) is 25.0 Å². The summed E-state index contributed by atoms with van der Waals surface area (Å²) in [6.45, 7) is 1.21. The van der Waals surface area contributed by atoms with Crippen molar-refractivity contribution in [2.45, 2.75) is 34.9 Å². The summed E-state index contributed by atoms with van der Waals surface area (Å²) in [6, 6.07) is 13.6. The maximum Gasteiger partial charge on any atom is 0.244 e. The summed E-state index contributed by atoms with van der Waals surface area (Å²) in [4.78, 5) is 9.31. The van der Waals surface area contributed by atoms with E-state index in [1.165, 1.54) is 6.20 Å². The quantitative estimate of drug-likeness (QED) is 0.531. The molecule has 0 unspecified atom stereocenters. The maximum atomic E-state index is 12.7. The van der Waals surface area contributed by atoms with E-state index in [1.807, 2.05) is 18.2 Å². The Morgan fingerprint density at radius 3 is 2.54 bits per heavy atom. The van der Waals surface area contributed by atoms with Crippen LogP contribution in [0.1, 0.15) is 25.0 Å². The molecule has 146 valence electrons. The molecule has 1 saturated heterocycles. The van der Waals surface area contributed by atoms with Gasteiger partial charge >= 0.3 is 0 Å². The Kier molecular flexibility index (Phi) is 6.10. The first-order chi connectivity index (χ1) is 13.6. The van der Waals surface area contributed by atoms with E-state index in [1.54, 1.807) is 39.5 Å². The van der Waals surface area contributed by atoms with Crippen molar-refractivity contribution in [3.05, 3.63) is 59.7 Å². The van der Waals surface area contributed by atoms with Crippen molar-refractivity contribution < 1.29 is 8.42 Å². The third kappa shape index (κ3) is 4.46. The van der Waals surface area contributed by atoms with Crippen LogP contribution in [-0.2, 0) is 15.8 Å². The van der Waals surface area contributed by atoms with Gasteiger partial charge in [0.25, 0.3) is 0 Å². The van der Waals surface area contributed by atoms with Gasteiger partial charge in [-0.1, -0.05) is 36.8 Å². The Morgan fingerprint density at radius 1 is 1.04 bits per heavy atom. The molecule has 0 aliphatic carbocycles. The summed E-state index contributed by atoms with van der Waals surface area (Å²) in [7, 11) is -3.42. The summed E-state index contributed by atoms with van der Waals surface area (Å²) in [5, 5.41) is 3.86. The molecule has 0 saturated carbocycles. The van der Waals surface area contributed by atoms with Gasteiger partial charge in [-0.15, -0.1) is 23.1 Å². The fourth-order valence-electron chi connectivity index (χ4n) is 3.09. The average Bonchev–Trinajstić information content (AvgIpc) is 3.23. The first kappa shape index (κ1) is 19.6. The predicted octanol–water partition coefficient (Wildman–Crippen LogP) is 4.67. The van der Waals surface area contributed by atoms with Gasteiger partial charge in [0.1, 0.15) is 9.90 Å². The van der Waals surface area contributed by atoms with Crippen molar-refractivity contribution in [2.24, 2.45) is 0 Å². The van der Waals surface area contributed by atoms with Crippen molar-refractivity contribution in [3.63, 3.8) is 0 Å². The van der Waals surface area contributed by atoms with E-state index in [9.17, 15) is 8.42 Å². The van der Waals surface area contributed by atoms with Crippen LogP contribution in [0.15, 0.2) is 64.0 Å². The van der Waals surface area contributed by atoms with E-state index in [0.29, 0.717) is 18.8 Å². The molecule has 0 atom stereocenters. The number of nitrogens with zero attached hydrogens (tertiary/aromatic N) is 3. The molecule has 4 rings (SSSR count). The fourth-order valence-corrected chi connectivity index (χ4v) is 6.22. The summed E-state index contributed by atoms with van der Waals surface area (Å²) in [5.41, 5.74) is 2.12. The second-order valence-electron chi connectivity index (χ2n) is 6.60. The van der Waals surface area contributed by atoms with Crippen LogP contribution in [0.5, 0.6) is 0 Å². The number of piperidine rings is 1.